The van der Waals surface area contributed by atoms with Gasteiger partial charge in [-0.25, -0.2) is 0 Å². The molecule has 0 bridgehead atoms. The monoisotopic (exact) mass is 312 g/mol. The Balaban J connectivity index is 3.05. The molecule has 1 atom stereocenters. The van der Waals surface area contributed by atoms with E-state index in [0.29, 0.717) is 0 Å². The SMILES string of the molecule is CCCCCCCCCCCCCC[CH]([Co])C(C)=O. The molecule has 2 heteroatoms. The summed E-state index contributed by atoms with van der Waals surface area (Å²) in [6.07, 6.45) is 17.3. The van der Waals surface area contributed by atoms with Crippen LogP contribution in [0.3, 0.4) is 0 Å². The number of hydrogen-bond acceptors (Lipinski definition) is 1. The molecule has 0 aromatic rings. The van der Waals surface area contributed by atoms with Gasteiger partial charge in [-0.2, -0.15) is 0 Å². The second-order valence-corrected chi connectivity index (χ2v) is 6.45. The number of carbonyl (C=O) groups is 1. The Labute approximate surface area is 128 Å². The predicted molar refractivity (Wildman–Crippen MR) is 80.1 cm³/mol. The molecule has 0 amide bonds. The van der Waals surface area contributed by atoms with Gasteiger partial charge in [-0.05, 0) is 0 Å². The van der Waals surface area contributed by atoms with E-state index in [1.165, 1.54) is 70.6 Å². The minimum absolute atomic E-state index is 0.0318. The van der Waals surface area contributed by atoms with Gasteiger partial charge in [-0.1, -0.05) is 19.8 Å². The average Bonchev–Trinajstić information content (AvgIpc) is 2.39. The van der Waals surface area contributed by atoms with Gasteiger partial charge in [0.05, 0.1) is 0 Å². The molecule has 0 aliphatic carbocycles. The van der Waals surface area contributed by atoms with Crippen LogP contribution in [0.2, 0.25) is 4.85 Å². The van der Waals surface area contributed by atoms with E-state index >= 15 is 0 Å². The molecule has 0 fully saturated rings. The van der Waals surface area contributed by atoms with E-state index in [4.69, 9.17) is 0 Å². The van der Waals surface area contributed by atoms with Crippen LogP contribution in [0.4, 0.5) is 0 Å². The van der Waals surface area contributed by atoms with Crippen molar-refractivity contribution in [3.05, 3.63) is 0 Å². The van der Waals surface area contributed by atoms with E-state index in [0.717, 1.165) is 12.8 Å². The molecule has 0 saturated carbocycles. The molecular weight excluding hydrogens is 279 g/mol. The van der Waals surface area contributed by atoms with Gasteiger partial charge in [-0.15, -0.1) is 0 Å². The van der Waals surface area contributed by atoms with E-state index in [1.54, 1.807) is 6.92 Å². The first-order valence-corrected chi connectivity index (χ1v) is 8.90. The van der Waals surface area contributed by atoms with Gasteiger partial charge >= 0.3 is 109 Å². The van der Waals surface area contributed by atoms with Crippen LogP contribution in [0, 0.1) is 0 Å². The zero-order chi connectivity index (χ0) is 14.3. The number of ketones is 1. The predicted octanol–water partition coefficient (Wildman–Crippen LogP) is 6.00. The number of hydrogen-bond donors (Lipinski definition) is 0. The van der Waals surface area contributed by atoms with Gasteiger partial charge in [0.2, 0.25) is 0 Å². The van der Waals surface area contributed by atoms with Gasteiger partial charge in [0, 0.05) is 0 Å². The summed E-state index contributed by atoms with van der Waals surface area (Å²) in [6, 6.07) is 0. The topological polar surface area (TPSA) is 17.1 Å². The first-order chi connectivity index (χ1) is 9.18. The van der Waals surface area contributed by atoms with Gasteiger partial charge in [-0.3, -0.25) is 0 Å². The maximum atomic E-state index is 11.0. The molecule has 0 heterocycles. The number of unbranched alkanes of at least 4 members (excludes halogenated alkanes) is 11. The van der Waals surface area contributed by atoms with Crippen LogP contribution in [0.1, 0.15) is 97.3 Å². The molecule has 1 nitrogen and oxygen atoms in total. The summed E-state index contributed by atoms with van der Waals surface area (Å²) in [5.74, 6) is 0.211. The van der Waals surface area contributed by atoms with Crippen LogP contribution in [-0.4, -0.2) is 5.78 Å². The van der Waals surface area contributed by atoms with E-state index in [9.17, 15) is 4.79 Å². The third-order valence-corrected chi connectivity index (χ3v) is 4.44. The summed E-state index contributed by atoms with van der Waals surface area (Å²) >= 11 is 4.33. The Morgan fingerprint density at radius 1 is 0.789 bits per heavy atom. The fourth-order valence-corrected chi connectivity index (χ4v) is 2.57. The van der Waals surface area contributed by atoms with Gasteiger partial charge in [0.1, 0.15) is 0 Å². The van der Waals surface area contributed by atoms with Gasteiger partial charge in [0.25, 0.3) is 0 Å². The van der Waals surface area contributed by atoms with Crippen molar-refractivity contribution in [2.24, 2.45) is 0 Å². The number of Topliss-reactive ketones (excluding diaryl/α,β-unsaturated/α-hetero) is 1. The van der Waals surface area contributed by atoms with Crippen LogP contribution in [0.5, 0.6) is 0 Å². The zero-order valence-electron chi connectivity index (χ0n) is 13.0. The summed E-state index contributed by atoms with van der Waals surface area (Å²) in [5, 5.41) is 0. The Morgan fingerprint density at radius 2 is 1.16 bits per heavy atom. The molecule has 1 unspecified atom stereocenters. The molecular formula is C17H33CoO. The summed E-state index contributed by atoms with van der Waals surface area (Å²) in [7, 11) is 0. The third kappa shape index (κ3) is 14.4. The quantitative estimate of drug-likeness (QED) is 0.359. The molecule has 0 spiro atoms. The van der Waals surface area contributed by atoms with E-state index < -0.39 is 0 Å². The van der Waals surface area contributed by atoms with Crippen LogP contribution in [0.15, 0.2) is 0 Å². The van der Waals surface area contributed by atoms with E-state index in [-0.39, 0.29) is 10.6 Å². The van der Waals surface area contributed by atoms with Crippen molar-refractivity contribution in [1.82, 2.24) is 0 Å². The fourth-order valence-electron chi connectivity index (χ4n) is 2.36. The summed E-state index contributed by atoms with van der Waals surface area (Å²) in [5.41, 5.74) is 0. The van der Waals surface area contributed by atoms with Crippen molar-refractivity contribution in [1.29, 1.82) is 0 Å². The summed E-state index contributed by atoms with van der Waals surface area (Å²) in [4.78, 5) is 11.0. The number of rotatable bonds is 14. The average molecular weight is 312 g/mol. The minimum atomic E-state index is -0.0318. The first-order valence-electron chi connectivity index (χ1n) is 8.30. The molecule has 0 N–H and O–H groups in total. The zero-order valence-corrected chi connectivity index (χ0v) is 14.1. The Kier molecular flexibility index (Phi) is 14.7. The standard InChI is InChI=1S/C17H33O.Co/c1-3-4-5-6-7-8-9-10-11-12-13-14-15-16-17(2)18;/h16H,3-15H2,1-2H3;. The molecule has 116 valence electrons. The van der Waals surface area contributed by atoms with Crippen LogP contribution in [0.25, 0.3) is 0 Å². The maximum absolute atomic E-state index is 11.0. The second-order valence-electron chi connectivity index (χ2n) is 5.72. The molecule has 0 aliphatic rings. The molecule has 0 aromatic carbocycles. The first kappa shape index (κ1) is 19.2. The summed E-state index contributed by atoms with van der Waals surface area (Å²) < 4.78 is 0. The van der Waals surface area contributed by atoms with E-state index in [1.807, 2.05) is 0 Å². The van der Waals surface area contributed by atoms with Crippen LogP contribution in [-0.2, 0) is 20.5 Å². The normalized spacial score (nSPS) is 12.6. The van der Waals surface area contributed by atoms with E-state index in [2.05, 4.69) is 22.7 Å². The fraction of sp³-hybridized carbons (Fsp3) is 0.941. The third-order valence-electron chi connectivity index (χ3n) is 3.72. The van der Waals surface area contributed by atoms with Crippen molar-refractivity contribution in [3.8, 4) is 0 Å². The Morgan fingerprint density at radius 3 is 1.53 bits per heavy atom. The molecule has 0 rings (SSSR count). The number of carbonyl (C=O) groups excluding carboxylic acids is 1. The Bertz CT molecular complexity index is 203. The molecule has 0 saturated heterocycles. The van der Waals surface area contributed by atoms with Crippen molar-refractivity contribution < 1.29 is 20.5 Å². The summed E-state index contributed by atoms with van der Waals surface area (Å²) in [6.45, 7) is 3.91. The van der Waals surface area contributed by atoms with Gasteiger partial charge in [0.15, 0.2) is 0 Å². The van der Waals surface area contributed by atoms with Crippen molar-refractivity contribution in [3.63, 3.8) is 0 Å². The molecule has 0 aromatic heterocycles. The molecule has 0 radical (unpaired) electrons. The van der Waals surface area contributed by atoms with Crippen molar-refractivity contribution >= 4 is 5.78 Å². The Hall–Kier alpha value is 0.176. The molecule has 19 heavy (non-hydrogen) atoms. The van der Waals surface area contributed by atoms with Gasteiger partial charge < -0.3 is 0 Å². The second kappa shape index (κ2) is 14.6. The molecule has 0 aliphatic heterocycles. The van der Waals surface area contributed by atoms with Crippen molar-refractivity contribution in [2.45, 2.75) is 102 Å². The van der Waals surface area contributed by atoms with Crippen molar-refractivity contribution in [2.75, 3.05) is 0 Å². The van der Waals surface area contributed by atoms with Crippen LogP contribution < -0.4 is 0 Å². The van der Waals surface area contributed by atoms with Crippen LogP contribution >= 0.6 is 0 Å².